The Labute approximate surface area is 397 Å². The largest absolute Gasteiger partial charge is 0.506 e. The number of amides is 3. The van der Waals surface area contributed by atoms with Gasteiger partial charge in [-0.3, -0.25) is 19.2 Å². The molecule has 0 saturated carbocycles. The van der Waals surface area contributed by atoms with Crippen molar-refractivity contribution in [3.05, 3.63) is 53.1 Å². The number of thioether (sulfide) groups is 1. The molecule has 0 aliphatic heterocycles. The molecule has 4 rings (SSSR count). The molecule has 7 N–H and O–H groups in total. The minimum absolute atomic E-state index is 0.0585. The number of aliphatic carboxylic acids is 1. The minimum Gasteiger partial charge on any atom is -0.506 e. The maximum atomic E-state index is 14.4. The number of nitrogens with one attached hydrogen (secondary N) is 3. The zero-order chi connectivity index (χ0) is 51.3. The summed E-state index contributed by atoms with van der Waals surface area (Å²) in [6.07, 6.45) is -5.01. The first-order chi connectivity index (χ1) is 31.4. The minimum atomic E-state index is -6.90. The molecule has 1 heterocycles. The van der Waals surface area contributed by atoms with E-state index in [1.54, 1.807) is 13.0 Å². The lowest BCUT2D eigenvalue weighted by Crippen LogP contribution is -2.57. The number of rotatable bonds is 21. The van der Waals surface area contributed by atoms with Crippen molar-refractivity contribution in [2.24, 2.45) is 0 Å². The van der Waals surface area contributed by atoms with Crippen LogP contribution in [0.3, 0.4) is 0 Å². The second kappa shape index (κ2) is 21.3. The van der Waals surface area contributed by atoms with Gasteiger partial charge in [-0.2, -0.15) is 30.7 Å². The Hall–Kier alpha value is -5.69. The van der Waals surface area contributed by atoms with Gasteiger partial charge in [-0.15, -0.1) is 10.2 Å². The fourth-order valence-electron chi connectivity index (χ4n) is 5.70. The molecular weight excluding hydrogens is 976 g/mol. The molecule has 0 radical (unpaired) electrons. The van der Waals surface area contributed by atoms with Crippen LogP contribution in [-0.2, 0) is 25.2 Å². The van der Waals surface area contributed by atoms with Gasteiger partial charge in [0, 0.05) is 24.2 Å². The van der Waals surface area contributed by atoms with E-state index < -0.39 is 105 Å². The molecule has 372 valence electrons. The van der Waals surface area contributed by atoms with Crippen molar-refractivity contribution in [1.82, 2.24) is 15.5 Å². The van der Waals surface area contributed by atoms with E-state index in [9.17, 15) is 70.3 Å². The molecule has 3 aromatic carbocycles. The van der Waals surface area contributed by atoms with Gasteiger partial charge in [0.05, 0.1) is 21.8 Å². The maximum absolute atomic E-state index is 14.4. The van der Waals surface area contributed by atoms with E-state index in [1.807, 2.05) is 39.8 Å². The molecule has 0 fully saturated rings. The number of carboxylic acid groups (broad SMARTS) is 1. The summed E-state index contributed by atoms with van der Waals surface area (Å²) in [6, 6.07) is 7.31. The highest BCUT2D eigenvalue weighted by Crippen LogP contribution is 2.51. The number of hydrogen-bond donors (Lipinski definition) is 7. The predicted octanol–water partition coefficient (Wildman–Crippen LogP) is 10.5. The van der Waals surface area contributed by atoms with Crippen molar-refractivity contribution in [3.8, 4) is 34.5 Å². The van der Waals surface area contributed by atoms with E-state index in [0.29, 0.717) is 42.5 Å². The number of nitrogens with zero attached hydrogens (tertiary/aromatic N) is 2. The summed E-state index contributed by atoms with van der Waals surface area (Å²) in [6.45, 7) is 14.5. The van der Waals surface area contributed by atoms with Crippen LogP contribution in [-0.4, -0.2) is 90.7 Å². The molecule has 1 atom stereocenters. The molecule has 25 heteroatoms. The SMILES string of the molecule is CCCNC(=O)c1cc(Oc2cc(NC(=O)C(F)(F)C(F)(F)C(F)(F)F)c(O)cc2NC(=O)COc2ccc(C(C)(C)CC)cc2C(C)(C)CC)c(O)c(O)c1Sc1nnc(SC(C)C(=O)O)s1. The number of hydrogen-bond acceptors (Lipinski definition) is 14. The van der Waals surface area contributed by atoms with Crippen LogP contribution in [0.2, 0.25) is 0 Å². The van der Waals surface area contributed by atoms with E-state index in [1.165, 1.54) is 6.92 Å². The van der Waals surface area contributed by atoms with Crippen LogP contribution in [0.1, 0.15) is 96.1 Å². The monoisotopic (exact) mass is 1020 g/mol. The Kier molecular flexibility index (Phi) is 17.2. The average molecular weight is 1020 g/mol. The van der Waals surface area contributed by atoms with Gasteiger partial charge in [0.25, 0.3) is 11.8 Å². The van der Waals surface area contributed by atoms with E-state index in [-0.39, 0.29) is 25.5 Å². The summed E-state index contributed by atoms with van der Waals surface area (Å²) in [5.41, 5.74) is -1.19. The first kappa shape index (κ1) is 54.9. The van der Waals surface area contributed by atoms with Gasteiger partial charge in [0.1, 0.15) is 16.7 Å². The summed E-state index contributed by atoms with van der Waals surface area (Å²) in [7, 11) is 0. The number of carbonyl (C=O) groups is 4. The van der Waals surface area contributed by atoms with E-state index >= 15 is 0 Å². The summed E-state index contributed by atoms with van der Waals surface area (Å²) in [5.74, 6) is -24.4. The third-order valence-electron chi connectivity index (χ3n) is 10.7. The highest BCUT2D eigenvalue weighted by molar-refractivity contribution is 8.04. The molecule has 3 amide bonds. The highest BCUT2D eigenvalue weighted by Gasteiger charge is 2.76. The van der Waals surface area contributed by atoms with E-state index in [4.69, 9.17) is 9.47 Å². The third-order valence-corrected chi connectivity index (χ3v) is 13.9. The summed E-state index contributed by atoms with van der Waals surface area (Å²) in [5, 5.41) is 55.6. The quantitative estimate of drug-likeness (QED) is 0.0234. The summed E-state index contributed by atoms with van der Waals surface area (Å²) in [4.78, 5) is 50.5. The molecule has 1 unspecified atom stereocenters. The van der Waals surface area contributed by atoms with Crippen molar-refractivity contribution in [1.29, 1.82) is 0 Å². The lowest BCUT2D eigenvalue weighted by Gasteiger charge is -2.30. The first-order valence-electron chi connectivity index (χ1n) is 20.5. The van der Waals surface area contributed by atoms with Crippen LogP contribution in [0.4, 0.5) is 42.1 Å². The van der Waals surface area contributed by atoms with Crippen molar-refractivity contribution < 1.29 is 79.8 Å². The van der Waals surface area contributed by atoms with E-state index in [2.05, 4.69) is 34.7 Å². The smallest absolute Gasteiger partial charge is 0.460 e. The number of phenolic OH excluding ortho intramolecular Hbond substituents is 3. The topological polar surface area (TPSA) is 230 Å². The molecule has 0 aliphatic carbocycles. The Morgan fingerprint density at radius 3 is 2.01 bits per heavy atom. The number of halogens is 7. The standard InChI is InChI=1S/C43H48F7N5O10S3/c1-9-14-51-34(60)22-16-29(31(58)32(59)33(22)67-38-55-54-37(68-38)66-20(4)35(61)62)65-28-18-24(53-36(63)41(44,45)42(46,47)43(48,49)50)26(56)17-25(28)52-30(57)19-64-27-13-12-21(39(5,6)10-2)15-23(27)40(7,8)11-3/h12-13,15-18,20,56,58-59H,9-11,14,19H2,1-8H3,(H,51,60)(H,52,57)(H,53,63)(H,61,62). The molecule has 4 aromatic rings. The van der Waals surface area contributed by atoms with Gasteiger partial charge in [-0.05, 0) is 54.7 Å². The van der Waals surface area contributed by atoms with E-state index in [0.717, 1.165) is 52.0 Å². The van der Waals surface area contributed by atoms with Crippen molar-refractivity contribution in [3.63, 3.8) is 0 Å². The van der Waals surface area contributed by atoms with Crippen LogP contribution < -0.4 is 25.4 Å². The lowest BCUT2D eigenvalue weighted by atomic mass is 9.76. The number of alkyl halides is 7. The lowest BCUT2D eigenvalue weighted by molar-refractivity contribution is -0.343. The van der Waals surface area contributed by atoms with Crippen molar-refractivity contribution >= 4 is 69.9 Å². The zero-order valence-corrected chi connectivity index (χ0v) is 40.0. The Morgan fingerprint density at radius 2 is 1.43 bits per heavy atom. The predicted molar refractivity (Wildman–Crippen MR) is 239 cm³/mol. The summed E-state index contributed by atoms with van der Waals surface area (Å²) < 4.78 is 107. The molecular formula is C43H48F7N5O10S3. The number of ether oxygens (including phenoxy) is 2. The van der Waals surface area contributed by atoms with Gasteiger partial charge in [0.2, 0.25) is 5.75 Å². The number of aromatic nitrogens is 2. The number of carboxylic acids is 1. The van der Waals surface area contributed by atoms with Gasteiger partial charge in [0.15, 0.2) is 32.5 Å². The van der Waals surface area contributed by atoms with Crippen LogP contribution in [0.5, 0.6) is 34.5 Å². The second-order valence-corrected chi connectivity index (χ2v) is 20.2. The number of carbonyl (C=O) groups excluding carboxylic acids is 3. The number of phenols is 3. The fourth-order valence-corrected chi connectivity index (χ4v) is 8.88. The fraction of sp³-hybridized carbons (Fsp3) is 0.442. The Bertz CT molecular complexity index is 2540. The maximum Gasteiger partial charge on any atom is 0.460 e. The number of benzene rings is 3. The molecule has 0 saturated heterocycles. The summed E-state index contributed by atoms with van der Waals surface area (Å²) >= 11 is 2.34. The molecule has 0 aliphatic rings. The molecule has 68 heavy (non-hydrogen) atoms. The second-order valence-electron chi connectivity index (χ2n) is 16.3. The van der Waals surface area contributed by atoms with Crippen LogP contribution >= 0.6 is 34.9 Å². The molecule has 15 nitrogen and oxygen atoms in total. The molecule has 1 aromatic heterocycles. The van der Waals surface area contributed by atoms with Gasteiger partial charge >= 0.3 is 29.9 Å². The van der Waals surface area contributed by atoms with Crippen molar-refractivity contribution in [2.45, 2.75) is 122 Å². The van der Waals surface area contributed by atoms with Crippen LogP contribution in [0.25, 0.3) is 0 Å². The van der Waals surface area contributed by atoms with Crippen molar-refractivity contribution in [2.75, 3.05) is 23.8 Å². The van der Waals surface area contributed by atoms with Gasteiger partial charge in [-0.25, -0.2) is 0 Å². The molecule has 0 bridgehead atoms. The third kappa shape index (κ3) is 12.3. The number of anilines is 2. The highest BCUT2D eigenvalue weighted by atomic mass is 32.2. The first-order valence-corrected chi connectivity index (χ1v) is 23.0. The zero-order valence-electron chi connectivity index (χ0n) is 37.6. The van der Waals surface area contributed by atoms with Crippen LogP contribution in [0, 0.1) is 0 Å². The van der Waals surface area contributed by atoms with Gasteiger partial charge in [-0.1, -0.05) is 95.5 Å². The average Bonchev–Trinajstić information content (AvgIpc) is 3.71. The number of aromatic hydroxyl groups is 3. The normalized spacial score (nSPS) is 12.9. The Morgan fingerprint density at radius 1 is 0.794 bits per heavy atom. The van der Waals surface area contributed by atoms with Crippen LogP contribution in [0.15, 0.2) is 50.0 Å². The molecule has 0 spiro atoms. The Balaban J connectivity index is 1.82. The van der Waals surface area contributed by atoms with Gasteiger partial charge < -0.3 is 45.9 Å².